The minimum atomic E-state index is 0.0414. The largest absolute Gasteiger partial charge is 0.372 e. The summed E-state index contributed by atoms with van der Waals surface area (Å²) in [6.45, 7) is 2.93. The van der Waals surface area contributed by atoms with Gasteiger partial charge >= 0.3 is 0 Å². The molecule has 0 radical (unpaired) electrons. The van der Waals surface area contributed by atoms with E-state index >= 15 is 0 Å². The topological polar surface area (TPSA) is 50.4 Å². The first kappa shape index (κ1) is 11.9. The zero-order valence-electron chi connectivity index (χ0n) is 10.00. The summed E-state index contributed by atoms with van der Waals surface area (Å²) in [6.07, 6.45) is 5.66. The quantitative estimate of drug-likeness (QED) is 0.682. The van der Waals surface area contributed by atoms with Gasteiger partial charge in [0.1, 0.15) is 6.61 Å². The molecular weight excluding hydrogens is 204 g/mol. The highest BCUT2D eigenvalue weighted by Crippen LogP contribution is 2.26. The molecule has 0 aromatic heterocycles. The van der Waals surface area contributed by atoms with E-state index in [1.807, 2.05) is 6.92 Å². The molecule has 2 aliphatic heterocycles. The molecule has 2 bridgehead atoms. The molecule has 2 heterocycles. The van der Waals surface area contributed by atoms with Crippen LogP contribution in [0.15, 0.2) is 0 Å². The highest BCUT2D eigenvalue weighted by Gasteiger charge is 2.33. The van der Waals surface area contributed by atoms with Gasteiger partial charge in [-0.3, -0.25) is 4.79 Å². The molecule has 0 aromatic carbocycles. The van der Waals surface area contributed by atoms with Crippen LogP contribution in [0.25, 0.3) is 0 Å². The molecule has 1 amide bonds. The second-order valence-corrected chi connectivity index (χ2v) is 4.93. The summed E-state index contributed by atoms with van der Waals surface area (Å²) in [6, 6.07) is 1.61. The molecule has 0 spiro atoms. The molecular formula is C12H22N2O2. The predicted octanol–water partition coefficient (Wildman–Crippen LogP) is 0.812. The number of hydrogen-bond donors (Lipinski definition) is 2. The van der Waals surface area contributed by atoms with E-state index in [4.69, 9.17) is 4.74 Å². The van der Waals surface area contributed by atoms with Crippen LogP contribution in [-0.2, 0) is 9.53 Å². The minimum absolute atomic E-state index is 0.0414. The highest BCUT2D eigenvalue weighted by atomic mass is 16.5. The molecule has 2 unspecified atom stereocenters. The van der Waals surface area contributed by atoms with E-state index in [-0.39, 0.29) is 12.5 Å². The summed E-state index contributed by atoms with van der Waals surface area (Å²) in [5.41, 5.74) is 0. The third-order valence-corrected chi connectivity index (χ3v) is 3.42. The maximum Gasteiger partial charge on any atom is 0.246 e. The van der Waals surface area contributed by atoms with Crippen molar-refractivity contribution in [1.29, 1.82) is 0 Å². The van der Waals surface area contributed by atoms with Crippen molar-refractivity contribution in [3.8, 4) is 0 Å². The molecule has 0 saturated carbocycles. The number of carbonyl (C=O) groups is 1. The van der Waals surface area contributed by atoms with Crippen LogP contribution in [-0.4, -0.2) is 37.2 Å². The van der Waals surface area contributed by atoms with Gasteiger partial charge in [0.15, 0.2) is 0 Å². The van der Waals surface area contributed by atoms with E-state index in [1.54, 1.807) is 0 Å². The van der Waals surface area contributed by atoms with Gasteiger partial charge in [-0.1, -0.05) is 6.92 Å². The van der Waals surface area contributed by atoms with E-state index in [0.717, 1.165) is 19.3 Å². The highest BCUT2D eigenvalue weighted by molar-refractivity contribution is 5.77. The zero-order valence-corrected chi connectivity index (χ0v) is 10.00. The first-order chi connectivity index (χ1) is 7.78. The van der Waals surface area contributed by atoms with E-state index in [9.17, 15) is 4.79 Å². The van der Waals surface area contributed by atoms with Gasteiger partial charge in [-0.25, -0.2) is 0 Å². The van der Waals surface area contributed by atoms with Crippen LogP contribution in [0.5, 0.6) is 0 Å². The van der Waals surface area contributed by atoms with Gasteiger partial charge in [0.05, 0.1) is 0 Å². The Bertz CT molecular complexity index is 233. The lowest BCUT2D eigenvalue weighted by atomic mass is 10.00. The zero-order chi connectivity index (χ0) is 11.4. The number of fused-ring (bicyclic) bond motifs is 2. The monoisotopic (exact) mass is 226 g/mol. The third kappa shape index (κ3) is 3.19. The summed E-state index contributed by atoms with van der Waals surface area (Å²) in [5, 5.41) is 6.64. The van der Waals surface area contributed by atoms with E-state index in [1.165, 1.54) is 12.8 Å². The Labute approximate surface area is 97.1 Å². The fraction of sp³-hybridized carbons (Fsp3) is 0.917. The normalized spacial score (nSPS) is 32.7. The Morgan fingerprint density at radius 2 is 2.06 bits per heavy atom. The van der Waals surface area contributed by atoms with Crippen molar-refractivity contribution in [1.82, 2.24) is 10.6 Å². The van der Waals surface area contributed by atoms with Crippen LogP contribution in [0.2, 0.25) is 0 Å². The minimum Gasteiger partial charge on any atom is -0.372 e. The average Bonchev–Trinajstić information content (AvgIpc) is 2.58. The Morgan fingerprint density at radius 1 is 1.38 bits per heavy atom. The van der Waals surface area contributed by atoms with Crippen LogP contribution in [0.1, 0.15) is 39.0 Å². The first-order valence-electron chi connectivity index (χ1n) is 6.41. The maximum absolute atomic E-state index is 11.6. The Kier molecular flexibility index (Phi) is 4.18. The predicted molar refractivity (Wildman–Crippen MR) is 62.2 cm³/mol. The summed E-state index contributed by atoms with van der Waals surface area (Å²) in [5.74, 6) is 0.0414. The number of piperidine rings is 1. The fourth-order valence-corrected chi connectivity index (χ4v) is 2.75. The molecule has 16 heavy (non-hydrogen) atoms. The van der Waals surface area contributed by atoms with Crippen molar-refractivity contribution < 1.29 is 9.53 Å². The standard InChI is InChI=1S/C12H22N2O2/c1-2-5-16-8-12(15)14-11-6-9-3-4-10(7-11)13-9/h9-11,13H,2-8H2,1H3,(H,14,15). The molecule has 92 valence electrons. The number of rotatable bonds is 5. The summed E-state index contributed by atoms with van der Waals surface area (Å²) in [4.78, 5) is 11.6. The third-order valence-electron chi connectivity index (χ3n) is 3.42. The molecule has 2 atom stereocenters. The van der Waals surface area contributed by atoms with E-state index in [0.29, 0.717) is 24.7 Å². The average molecular weight is 226 g/mol. The lowest BCUT2D eigenvalue weighted by Crippen LogP contribution is -2.48. The van der Waals surface area contributed by atoms with Gasteiger partial charge in [0, 0.05) is 24.7 Å². The molecule has 0 aromatic rings. The van der Waals surface area contributed by atoms with Gasteiger partial charge in [-0.15, -0.1) is 0 Å². The van der Waals surface area contributed by atoms with Gasteiger partial charge < -0.3 is 15.4 Å². The SMILES string of the molecule is CCCOCC(=O)NC1CC2CCC(C1)N2. The second-order valence-electron chi connectivity index (χ2n) is 4.93. The summed E-state index contributed by atoms with van der Waals surface area (Å²) < 4.78 is 5.23. The van der Waals surface area contributed by atoms with Crippen molar-refractivity contribution in [2.45, 2.75) is 57.2 Å². The number of amides is 1. The van der Waals surface area contributed by atoms with Gasteiger partial charge in [-0.2, -0.15) is 0 Å². The number of ether oxygens (including phenoxy) is 1. The van der Waals surface area contributed by atoms with Gasteiger partial charge in [0.25, 0.3) is 0 Å². The Morgan fingerprint density at radius 3 is 2.69 bits per heavy atom. The molecule has 4 nitrogen and oxygen atoms in total. The summed E-state index contributed by atoms with van der Waals surface area (Å²) >= 11 is 0. The molecule has 2 aliphatic rings. The molecule has 4 heteroatoms. The van der Waals surface area contributed by atoms with Crippen LogP contribution in [0.4, 0.5) is 0 Å². The lowest BCUT2D eigenvalue weighted by Gasteiger charge is -2.29. The number of carbonyl (C=O) groups excluding carboxylic acids is 1. The van der Waals surface area contributed by atoms with E-state index < -0.39 is 0 Å². The number of hydrogen-bond acceptors (Lipinski definition) is 3. The van der Waals surface area contributed by atoms with Gasteiger partial charge in [0.2, 0.25) is 5.91 Å². The first-order valence-corrected chi connectivity index (χ1v) is 6.41. The van der Waals surface area contributed by atoms with Crippen LogP contribution < -0.4 is 10.6 Å². The van der Waals surface area contributed by atoms with Crippen LogP contribution >= 0.6 is 0 Å². The maximum atomic E-state index is 11.6. The Balaban J connectivity index is 1.67. The smallest absolute Gasteiger partial charge is 0.246 e. The molecule has 2 rings (SSSR count). The molecule has 2 saturated heterocycles. The van der Waals surface area contributed by atoms with Crippen molar-refractivity contribution in [2.24, 2.45) is 0 Å². The van der Waals surface area contributed by atoms with Crippen LogP contribution in [0, 0.1) is 0 Å². The molecule has 2 N–H and O–H groups in total. The Hall–Kier alpha value is -0.610. The van der Waals surface area contributed by atoms with Crippen molar-refractivity contribution >= 4 is 5.91 Å². The number of nitrogens with one attached hydrogen (secondary N) is 2. The van der Waals surface area contributed by atoms with Crippen molar-refractivity contribution in [3.05, 3.63) is 0 Å². The van der Waals surface area contributed by atoms with Crippen molar-refractivity contribution in [3.63, 3.8) is 0 Å². The van der Waals surface area contributed by atoms with Crippen LogP contribution in [0.3, 0.4) is 0 Å². The second kappa shape index (κ2) is 5.64. The molecule has 0 aliphatic carbocycles. The lowest BCUT2D eigenvalue weighted by molar-refractivity contribution is -0.126. The molecule has 2 fully saturated rings. The van der Waals surface area contributed by atoms with Crippen molar-refractivity contribution in [2.75, 3.05) is 13.2 Å². The fourth-order valence-electron chi connectivity index (χ4n) is 2.75. The van der Waals surface area contributed by atoms with Gasteiger partial charge in [-0.05, 0) is 32.1 Å². The summed E-state index contributed by atoms with van der Waals surface area (Å²) in [7, 11) is 0. The van der Waals surface area contributed by atoms with E-state index in [2.05, 4.69) is 10.6 Å².